The molecule has 0 bridgehead atoms. The Morgan fingerprint density at radius 2 is 1.36 bits per heavy atom. The summed E-state index contributed by atoms with van der Waals surface area (Å²) in [6.45, 7) is -0.0682. The van der Waals surface area contributed by atoms with Crippen molar-refractivity contribution >= 4 is 47.4 Å². The number of aliphatic carboxylic acids is 2. The average Bonchev–Trinajstić information content (AvgIpc) is 2.91. The second kappa shape index (κ2) is 19.7. The van der Waals surface area contributed by atoms with Crippen molar-refractivity contribution in [1.82, 2.24) is 26.6 Å². The molecule has 0 aromatic carbocycles. The van der Waals surface area contributed by atoms with E-state index in [4.69, 9.17) is 32.5 Å². The summed E-state index contributed by atoms with van der Waals surface area (Å²) in [5.41, 5.74) is 16.3. The Hall–Kier alpha value is -4.36. The van der Waals surface area contributed by atoms with E-state index in [1.54, 1.807) is 0 Å². The fraction of sp³-hybridized carbons (Fsp3) is 0.652. The maximum absolute atomic E-state index is 12.7. The van der Waals surface area contributed by atoms with E-state index in [2.05, 4.69) is 21.3 Å². The number of primary amides is 1. The van der Waals surface area contributed by atoms with E-state index >= 15 is 0 Å². The van der Waals surface area contributed by atoms with Gasteiger partial charge >= 0.3 is 11.9 Å². The van der Waals surface area contributed by atoms with Crippen LogP contribution in [0.1, 0.15) is 45.4 Å². The molecule has 0 rings (SSSR count). The largest absolute Gasteiger partial charge is 0.481 e. The standard InChI is InChI=1S/C23H40N8O11/c1-11(28-22(40)14(8-16(26)33)30-20(38)12(25)4-2-3-7-24)19(37)27-9-17(34)29-13(5-6-18(35)36)21(39)31-15(10-32)23(41)42/h11-15,32H,2-10,24-25H2,1H3,(H2,26,33)(H,27,37)(H,28,40)(H,29,34)(H,30,38)(H,31,39)(H,35,36)(H,41,42)/t11-,12-,13-,14-,15-/m0/s1. The minimum atomic E-state index is -1.71. The molecule has 0 saturated carbocycles. The molecule has 0 fully saturated rings. The molecule has 0 saturated heterocycles. The highest BCUT2D eigenvalue weighted by Gasteiger charge is 2.29. The van der Waals surface area contributed by atoms with Crippen LogP contribution in [0.4, 0.5) is 0 Å². The lowest BCUT2D eigenvalue weighted by Gasteiger charge is -2.22. The Bertz CT molecular complexity index is 993. The van der Waals surface area contributed by atoms with Crippen LogP contribution in [0.3, 0.4) is 0 Å². The van der Waals surface area contributed by atoms with Crippen molar-refractivity contribution in [1.29, 1.82) is 0 Å². The Morgan fingerprint density at radius 3 is 1.88 bits per heavy atom. The van der Waals surface area contributed by atoms with Crippen molar-refractivity contribution in [3.05, 3.63) is 0 Å². The van der Waals surface area contributed by atoms with Crippen LogP contribution in [-0.2, 0) is 38.4 Å². The summed E-state index contributed by atoms with van der Waals surface area (Å²) < 4.78 is 0. The lowest BCUT2D eigenvalue weighted by atomic mass is 10.1. The first-order chi connectivity index (χ1) is 19.6. The molecule has 0 spiro atoms. The molecule has 0 aromatic heterocycles. The summed E-state index contributed by atoms with van der Waals surface area (Å²) in [7, 11) is 0. The van der Waals surface area contributed by atoms with Gasteiger partial charge < -0.3 is 59.1 Å². The van der Waals surface area contributed by atoms with Crippen LogP contribution in [-0.4, -0.2) is 113 Å². The third kappa shape index (κ3) is 15.4. The molecule has 238 valence electrons. The van der Waals surface area contributed by atoms with E-state index in [-0.39, 0.29) is 6.42 Å². The SMILES string of the molecule is C[C@H](NC(=O)[C@H](CC(N)=O)NC(=O)[C@@H](N)CCCCN)C(=O)NCC(=O)N[C@@H](CCC(=O)O)C(=O)N[C@@H](CO)C(=O)O. The molecular weight excluding hydrogens is 564 g/mol. The first kappa shape index (κ1) is 37.6. The van der Waals surface area contributed by atoms with E-state index < -0.39 is 110 Å². The highest BCUT2D eigenvalue weighted by molar-refractivity contribution is 5.96. The molecule has 14 N–H and O–H groups in total. The monoisotopic (exact) mass is 604 g/mol. The van der Waals surface area contributed by atoms with Gasteiger partial charge in [0.05, 0.1) is 25.6 Å². The van der Waals surface area contributed by atoms with Gasteiger partial charge in [0.2, 0.25) is 35.4 Å². The quantitative estimate of drug-likeness (QED) is 0.0545. The molecule has 19 heteroatoms. The number of unbranched alkanes of at least 4 members (excludes halogenated alkanes) is 1. The van der Waals surface area contributed by atoms with Crippen LogP contribution in [0.25, 0.3) is 0 Å². The minimum Gasteiger partial charge on any atom is -0.481 e. The van der Waals surface area contributed by atoms with E-state index in [1.165, 1.54) is 6.92 Å². The van der Waals surface area contributed by atoms with Crippen LogP contribution < -0.4 is 43.8 Å². The van der Waals surface area contributed by atoms with Crippen molar-refractivity contribution in [2.75, 3.05) is 19.7 Å². The minimum absolute atomic E-state index is 0.273. The molecule has 0 aliphatic rings. The van der Waals surface area contributed by atoms with E-state index in [0.717, 1.165) is 0 Å². The summed E-state index contributed by atoms with van der Waals surface area (Å²) >= 11 is 0. The number of rotatable bonds is 21. The van der Waals surface area contributed by atoms with Crippen LogP contribution in [0.5, 0.6) is 0 Å². The molecule has 0 radical (unpaired) electrons. The summed E-state index contributed by atoms with van der Waals surface area (Å²) in [5.74, 6) is -8.40. The average molecular weight is 605 g/mol. The molecule has 0 aliphatic heterocycles. The van der Waals surface area contributed by atoms with Crippen molar-refractivity contribution in [3.63, 3.8) is 0 Å². The number of carbonyl (C=O) groups excluding carboxylic acids is 6. The second-order valence-electron chi connectivity index (χ2n) is 9.21. The van der Waals surface area contributed by atoms with Gasteiger partial charge in [-0.05, 0) is 32.7 Å². The molecule has 0 aromatic rings. The third-order valence-electron chi connectivity index (χ3n) is 5.62. The van der Waals surface area contributed by atoms with E-state index in [0.29, 0.717) is 19.4 Å². The predicted molar refractivity (Wildman–Crippen MR) is 143 cm³/mol. The molecule has 0 unspecified atom stereocenters. The maximum atomic E-state index is 12.7. The Kier molecular flexibility index (Phi) is 17.6. The van der Waals surface area contributed by atoms with Crippen molar-refractivity contribution in [2.45, 2.75) is 75.7 Å². The first-order valence-electron chi connectivity index (χ1n) is 12.9. The predicted octanol–water partition coefficient (Wildman–Crippen LogP) is -5.66. The molecular formula is C23H40N8O11. The van der Waals surface area contributed by atoms with E-state index in [1.807, 2.05) is 5.32 Å². The Labute approximate surface area is 240 Å². The zero-order valence-electron chi connectivity index (χ0n) is 23.1. The highest BCUT2D eigenvalue weighted by Crippen LogP contribution is 2.02. The lowest BCUT2D eigenvalue weighted by molar-refractivity contribution is -0.144. The number of hydrogen-bond donors (Lipinski definition) is 11. The van der Waals surface area contributed by atoms with Crippen molar-refractivity contribution in [3.8, 4) is 0 Å². The number of nitrogens with two attached hydrogens (primary N) is 3. The van der Waals surface area contributed by atoms with Gasteiger partial charge in [0.1, 0.15) is 24.2 Å². The summed E-state index contributed by atoms with van der Waals surface area (Å²) in [6.07, 6.45) is -0.153. The Morgan fingerprint density at radius 1 is 0.762 bits per heavy atom. The van der Waals surface area contributed by atoms with Crippen molar-refractivity contribution < 1.29 is 53.7 Å². The highest BCUT2D eigenvalue weighted by atomic mass is 16.4. The van der Waals surface area contributed by atoms with Gasteiger partial charge in [0.25, 0.3) is 0 Å². The van der Waals surface area contributed by atoms with E-state index in [9.17, 15) is 38.4 Å². The first-order valence-corrected chi connectivity index (χ1v) is 12.9. The van der Waals surface area contributed by atoms with Gasteiger partial charge in [-0.25, -0.2) is 4.79 Å². The van der Waals surface area contributed by atoms with Gasteiger partial charge in [-0.1, -0.05) is 6.42 Å². The number of hydrogen-bond acceptors (Lipinski definition) is 11. The van der Waals surface area contributed by atoms with Gasteiger partial charge in [-0.2, -0.15) is 0 Å². The number of amides is 6. The molecule has 0 aliphatic carbocycles. The van der Waals surface area contributed by atoms with Crippen LogP contribution in [0.2, 0.25) is 0 Å². The number of carboxylic acids is 2. The fourth-order valence-corrected chi connectivity index (χ4v) is 3.27. The molecule has 5 atom stereocenters. The Balaban J connectivity index is 5.13. The van der Waals surface area contributed by atoms with Gasteiger partial charge in [0.15, 0.2) is 0 Å². The van der Waals surface area contributed by atoms with Crippen molar-refractivity contribution in [2.24, 2.45) is 17.2 Å². The number of carboxylic acid groups (broad SMARTS) is 2. The lowest BCUT2D eigenvalue weighted by Crippen LogP contribution is -2.57. The maximum Gasteiger partial charge on any atom is 0.328 e. The second-order valence-corrected chi connectivity index (χ2v) is 9.21. The summed E-state index contributed by atoms with van der Waals surface area (Å²) in [4.78, 5) is 95.5. The summed E-state index contributed by atoms with van der Waals surface area (Å²) in [6, 6.07) is -6.95. The molecule has 6 amide bonds. The molecule has 42 heavy (non-hydrogen) atoms. The van der Waals surface area contributed by atoms with Gasteiger partial charge in [-0.3, -0.25) is 33.6 Å². The molecule has 19 nitrogen and oxygen atoms in total. The van der Waals surface area contributed by atoms with Crippen LogP contribution >= 0.6 is 0 Å². The summed E-state index contributed by atoms with van der Waals surface area (Å²) in [5, 5.41) is 37.8. The third-order valence-corrected chi connectivity index (χ3v) is 5.62. The molecule has 0 heterocycles. The number of aliphatic hydroxyl groups excluding tert-OH is 1. The van der Waals surface area contributed by atoms with Crippen LogP contribution in [0.15, 0.2) is 0 Å². The topological polar surface area (TPSA) is 335 Å². The zero-order chi connectivity index (χ0) is 32.4. The fourth-order valence-electron chi connectivity index (χ4n) is 3.27. The zero-order valence-corrected chi connectivity index (χ0v) is 23.1. The number of nitrogens with one attached hydrogen (secondary N) is 5. The van der Waals surface area contributed by atoms with Gasteiger partial charge in [-0.15, -0.1) is 0 Å². The normalized spacial score (nSPS) is 14.2. The van der Waals surface area contributed by atoms with Crippen LogP contribution in [0, 0.1) is 0 Å². The van der Waals surface area contributed by atoms with Gasteiger partial charge in [0, 0.05) is 6.42 Å². The smallest absolute Gasteiger partial charge is 0.328 e. The number of aliphatic hydroxyl groups is 1. The number of carbonyl (C=O) groups is 8.